The van der Waals surface area contributed by atoms with E-state index in [0.29, 0.717) is 0 Å². The molecule has 3 rings (SSSR count). The predicted molar refractivity (Wildman–Crippen MR) is 101 cm³/mol. The van der Waals surface area contributed by atoms with E-state index >= 15 is 0 Å². The van der Waals surface area contributed by atoms with Gasteiger partial charge < -0.3 is 0 Å². The standard InChI is InChI=1S/C22H16N2O2/c25-15-23-13-17-7-1-3-9-19(17)21-11-5-6-12-22(21)20-10-4-2-8-18(20)14-24-16-26/h1-12H,13-14H2. The van der Waals surface area contributed by atoms with E-state index in [0.717, 1.165) is 33.4 Å². The summed E-state index contributed by atoms with van der Waals surface area (Å²) in [4.78, 5) is 28.5. The van der Waals surface area contributed by atoms with Crippen molar-refractivity contribution < 1.29 is 9.59 Å². The van der Waals surface area contributed by atoms with Crippen molar-refractivity contribution in [1.82, 2.24) is 0 Å². The van der Waals surface area contributed by atoms with Crippen molar-refractivity contribution in [1.29, 1.82) is 0 Å². The summed E-state index contributed by atoms with van der Waals surface area (Å²) in [6, 6.07) is 23.7. The Morgan fingerprint density at radius 1 is 0.538 bits per heavy atom. The monoisotopic (exact) mass is 340 g/mol. The molecule has 0 atom stereocenters. The van der Waals surface area contributed by atoms with Gasteiger partial charge >= 0.3 is 0 Å². The van der Waals surface area contributed by atoms with E-state index in [1.54, 1.807) is 12.2 Å². The maximum atomic E-state index is 10.5. The number of rotatable bonds is 6. The Labute approximate surface area is 151 Å². The van der Waals surface area contributed by atoms with Crippen LogP contribution in [0.1, 0.15) is 11.1 Å². The average molecular weight is 340 g/mol. The first kappa shape index (κ1) is 17.2. The Bertz CT molecular complexity index is 931. The van der Waals surface area contributed by atoms with Gasteiger partial charge in [-0.25, -0.2) is 19.6 Å². The molecule has 0 amide bonds. The zero-order chi connectivity index (χ0) is 18.2. The number of nitrogens with zero attached hydrogens (tertiary/aromatic N) is 2. The molecule has 0 N–H and O–H groups in total. The van der Waals surface area contributed by atoms with Gasteiger partial charge in [0.2, 0.25) is 12.2 Å². The predicted octanol–water partition coefficient (Wildman–Crippen LogP) is 4.69. The molecule has 0 aliphatic rings. The highest BCUT2D eigenvalue weighted by Gasteiger charge is 2.12. The fourth-order valence-corrected chi connectivity index (χ4v) is 3.03. The molecule has 0 bridgehead atoms. The lowest BCUT2D eigenvalue weighted by atomic mass is 9.90. The molecule has 0 aliphatic heterocycles. The second-order valence-electron chi connectivity index (χ2n) is 5.67. The maximum Gasteiger partial charge on any atom is 0.235 e. The fourth-order valence-electron chi connectivity index (χ4n) is 3.03. The summed E-state index contributed by atoms with van der Waals surface area (Å²) in [5.41, 5.74) is 5.99. The van der Waals surface area contributed by atoms with Crippen LogP contribution in [0.4, 0.5) is 0 Å². The molecular weight excluding hydrogens is 324 g/mol. The van der Waals surface area contributed by atoms with Gasteiger partial charge in [0.05, 0.1) is 13.1 Å². The molecule has 0 fully saturated rings. The van der Waals surface area contributed by atoms with Crippen molar-refractivity contribution in [2.24, 2.45) is 9.98 Å². The van der Waals surface area contributed by atoms with Crippen LogP contribution in [-0.4, -0.2) is 12.2 Å². The average Bonchev–Trinajstić information content (AvgIpc) is 2.71. The first-order chi connectivity index (χ1) is 12.8. The molecule has 4 nitrogen and oxygen atoms in total. The maximum absolute atomic E-state index is 10.5. The van der Waals surface area contributed by atoms with Crippen LogP contribution in [0.2, 0.25) is 0 Å². The van der Waals surface area contributed by atoms with E-state index in [4.69, 9.17) is 0 Å². The van der Waals surface area contributed by atoms with E-state index in [-0.39, 0.29) is 13.1 Å². The molecule has 3 aromatic carbocycles. The normalized spacial score (nSPS) is 9.85. The lowest BCUT2D eigenvalue weighted by Crippen LogP contribution is -1.93. The third-order valence-electron chi connectivity index (χ3n) is 4.17. The summed E-state index contributed by atoms with van der Waals surface area (Å²) in [6.07, 6.45) is 3.20. The summed E-state index contributed by atoms with van der Waals surface area (Å²) in [7, 11) is 0. The summed E-state index contributed by atoms with van der Waals surface area (Å²) < 4.78 is 0. The second kappa shape index (κ2) is 8.50. The summed E-state index contributed by atoms with van der Waals surface area (Å²) in [6.45, 7) is 0.566. The van der Waals surface area contributed by atoms with Crippen LogP contribution >= 0.6 is 0 Å². The van der Waals surface area contributed by atoms with E-state index < -0.39 is 0 Å². The minimum atomic E-state index is 0.283. The third-order valence-corrected chi connectivity index (χ3v) is 4.17. The summed E-state index contributed by atoms with van der Waals surface area (Å²) in [5.74, 6) is 0. The summed E-state index contributed by atoms with van der Waals surface area (Å²) >= 11 is 0. The Balaban J connectivity index is 2.18. The van der Waals surface area contributed by atoms with Crippen molar-refractivity contribution in [2.75, 3.05) is 0 Å². The van der Waals surface area contributed by atoms with Crippen molar-refractivity contribution in [3.63, 3.8) is 0 Å². The molecule has 0 unspecified atom stereocenters. The fraction of sp³-hybridized carbons (Fsp3) is 0.0909. The minimum absolute atomic E-state index is 0.283. The first-order valence-electron chi connectivity index (χ1n) is 8.18. The van der Waals surface area contributed by atoms with Gasteiger partial charge in [0.1, 0.15) is 0 Å². The van der Waals surface area contributed by atoms with Gasteiger partial charge in [-0.1, -0.05) is 72.8 Å². The van der Waals surface area contributed by atoms with Crippen molar-refractivity contribution in [3.05, 3.63) is 83.9 Å². The highest BCUT2D eigenvalue weighted by atomic mass is 16.1. The Kier molecular flexibility index (Phi) is 5.64. The first-order valence-corrected chi connectivity index (χ1v) is 8.18. The molecule has 0 saturated carbocycles. The van der Waals surface area contributed by atoms with Crippen LogP contribution in [-0.2, 0) is 22.7 Å². The number of carbonyl (C=O) groups excluding carboxylic acids is 2. The highest BCUT2D eigenvalue weighted by molar-refractivity contribution is 5.86. The highest BCUT2D eigenvalue weighted by Crippen LogP contribution is 2.36. The Hall–Kier alpha value is -3.58. The molecule has 3 aromatic rings. The van der Waals surface area contributed by atoms with Gasteiger partial charge in [0.15, 0.2) is 0 Å². The van der Waals surface area contributed by atoms with Gasteiger partial charge in [0.25, 0.3) is 0 Å². The molecule has 4 heteroatoms. The van der Waals surface area contributed by atoms with Crippen molar-refractivity contribution in [3.8, 4) is 22.3 Å². The van der Waals surface area contributed by atoms with E-state index in [1.165, 1.54) is 0 Å². The van der Waals surface area contributed by atoms with Gasteiger partial charge in [-0.2, -0.15) is 0 Å². The number of isocyanates is 2. The van der Waals surface area contributed by atoms with E-state index in [1.807, 2.05) is 72.8 Å². The molecule has 0 aromatic heterocycles. The van der Waals surface area contributed by atoms with Gasteiger partial charge in [-0.3, -0.25) is 0 Å². The van der Waals surface area contributed by atoms with Crippen LogP contribution in [0.5, 0.6) is 0 Å². The van der Waals surface area contributed by atoms with Crippen LogP contribution in [0.3, 0.4) is 0 Å². The molecule has 0 aliphatic carbocycles. The van der Waals surface area contributed by atoms with Crippen LogP contribution in [0.15, 0.2) is 82.8 Å². The zero-order valence-electron chi connectivity index (χ0n) is 14.1. The van der Waals surface area contributed by atoms with Gasteiger partial charge in [-0.15, -0.1) is 0 Å². The van der Waals surface area contributed by atoms with Crippen molar-refractivity contribution in [2.45, 2.75) is 13.1 Å². The third kappa shape index (κ3) is 3.73. The smallest absolute Gasteiger partial charge is 0.211 e. The molecule has 0 heterocycles. The molecule has 26 heavy (non-hydrogen) atoms. The SMILES string of the molecule is O=C=NCc1ccccc1-c1ccccc1-c1ccccc1CN=C=O. The quantitative estimate of drug-likeness (QED) is 0.483. The Morgan fingerprint density at radius 3 is 1.27 bits per heavy atom. The number of benzene rings is 3. The summed E-state index contributed by atoms with van der Waals surface area (Å²) in [5, 5.41) is 0. The van der Waals surface area contributed by atoms with Gasteiger partial charge in [0, 0.05) is 0 Å². The Morgan fingerprint density at radius 2 is 0.885 bits per heavy atom. The van der Waals surface area contributed by atoms with Crippen molar-refractivity contribution >= 4 is 12.2 Å². The lowest BCUT2D eigenvalue weighted by Gasteiger charge is -2.15. The molecule has 0 radical (unpaired) electrons. The van der Waals surface area contributed by atoms with E-state index in [9.17, 15) is 9.59 Å². The number of hydrogen-bond donors (Lipinski definition) is 0. The van der Waals surface area contributed by atoms with Crippen LogP contribution in [0, 0.1) is 0 Å². The second-order valence-corrected chi connectivity index (χ2v) is 5.67. The topological polar surface area (TPSA) is 58.9 Å². The molecule has 0 spiro atoms. The lowest BCUT2D eigenvalue weighted by molar-refractivity contribution is 0.562. The number of aliphatic imine (C=N–C) groups is 2. The molecule has 126 valence electrons. The van der Waals surface area contributed by atoms with Gasteiger partial charge in [-0.05, 0) is 33.4 Å². The minimum Gasteiger partial charge on any atom is -0.211 e. The molecule has 0 saturated heterocycles. The van der Waals surface area contributed by atoms with Crippen LogP contribution in [0.25, 0.3) is 22.3 Å². The van der Waals surface area contributed by atoms with E-state index in [2.05, 4.69) is 9.98 Å². The number of hydrogen-bond acceptors (Lipinski definition) is 4. The molecular formula is C22H16N2O2. The largest absolute Gasteiger partial charge is 0.235 e. The zero-order valence-corrected chi connectivity index (χ0v) is 14.1. The van der Waals surface area contributed by atoms with Crippen LogP contribution < -0.4 is 0 Å².